The molecular weight excluding hydrogens is 458 g/mol. The van der Waals surface area contributed by atoms with Gasteiger partial charge in [-0.15, -0.1) is 0 Å². The van der Waals surface area contributed by atoms with E-state index in [0.717, 1.165) is 0 Å². The number of hydrogen-bond acceptors (Lipinski definition) is 1. The van der Waals surface area contributed by atoms with E-state index < -0.39 is 0 Å². The zero-order valence-electron chi connectivity index (χ0n) is 24.7. The van der Waals surface area contributed by atoms with Crippen molar-refractivity contribution in [2.45, 2.75) is 85.1 Å². The Morgan fingerprint density at radius 1 is 0.605 bits per heavy atom. The van der Waals surface area contributed by atoms with Crippen molar-refractivity contribution in [1.82, 2.24) is 0 Å². The van der Waals surface area contributed by atoms with Crippen LogP contribution in [0.25, 0.3) is 22.3 Å². The second kappa shape index (κ2) is 9.45. The predicted octanol–water partition coefficient (Wildman–Crippen LogP) is 10.8. The summed E-state index contributed by atoms with van der Waals surface area (Å²) in [5, 5.41) is 0. The van der Waals surface area contributed by atoms with E-state index >= 15 is 0 Å². The van der Waals surface area contributed by atoms with Gasteiger partial charge in [-0.2, -0.15) is 0 Å². The Morgan fingerprint density at radius 3 is 1.84 bits per heavy atom. The number of anilines is 2. The third kappa shape index (κ3) is 4.27. The topological polar surface area (TPSA) is 3.24 Å². The zero-order valence-corrected chi connectivity index (χ0v) is 24.7. The molecule has 0 aliphatic heterocycles. The molecule has 0 spiro atoms. The van der Waals surface area contributed by atoms with Gasteiger partial charge >= 0.3 is 0 Å². The molecule has 0 saturated heterocycles. The number of para-hydroxylation sites is 1. The summed E-state index contributed by atoms with van der Waals surface area (Å²) in [6.07, 6.45) is 0. The number of benzene rings is 4. The van der Waals surface area contributed by atoms with Crippen LogP contribution in [0.3, 0.4) is 0 Å². The molecule has 0 saturated carbocycles. The summed E-state index contributed by atoms with van der Waals surface area (Å²) in [7, 11) is 0. The lowest BCUT2D eigenvalue weighted by Crippen LogP contribution is -2.39. The van der Waals surface area contributed by atoms with E-state index in [1.807, 2.05) is 0 Å². The second-order valence-corrected chi connectivity index (χ2v) is 13.1. The van der Waals surface area contributed by atoms with Gasteiger partial charge in [-0.25, -0.2) is 0 Å². The Morgan fingerprint density at radius 2 is 1.21 bits per heavy atom. The smallest absolute Gasteiger partial charge is 0.0530 e. The minimum Gasteiger partial charge on any atom is -0.335 e. The minimum atomic E-state index is -0.137. The van der Waals surface area contributed by atoms with Gasteiger partial charge in [-0.3, -0.25) is 0 Å². The van der Waals surface area contributed by atoms with Crippen molar-refractivity contribution in [3.8, 4) is 22.3 Å². The summed E-state index contributed by atoms with van der Waals surface area (Å²) in [5.74, 6) is 0.790. The fourth-order valence-corrected chi connectivity index (χ4v) is 6.35. The molecule has 0 bridgehead atoms. The highest BCUT2D eigenvalue weighted by molar-refractivity contribution is 5.90. The highest BCUT2D eigenvalue weighted by Gasteiger charge is 2.38. The van der Waals surface area contributed by atoms with Gasteiger partial charge in [0.1, 0.15) is 0 Å². The molecule has 0 N–H and O–H groups in total. The quantitative estimate of drug-likeness (QED) is 0.263. The van der Waals surface area contributed by atoms with Crippen LogP contribution in [0.2, 0.25) is 0 Å². The lowest BCUT2D eigenvalue weighted by Gasteiger charge is -2.43. The van der Waals surface area contributed by atoms with E-state index in [9.17, 15) is 0 Å². The van der Waals surface area contributed by atoms with Crippen molar-refractivity contribution < 1.29 is 0 Å². The van der Waals surface area contributed by atoms with Crippen LogP contribution in [0.1, 0.15) is 96.4 Å². The summed E-state index contributed by atoms with van der Waals surface area (Å²) < 4.78 is 0. The van der Waals surface area contributed by atoms with Crippen LogP contribution < -0.4 is 4.90 Å². The second-order valence-electron chi connectivity index (χ2n) is 13.1. The monoisotopic (exact) mass is 501 g/mol. The first-order valence-electron chi connectivity index (χ1n) is 14.2. The Hall–Kier alpha value is -3.32. The van der Waals surface area contributed by atoms with Gasteiger partial charge in [0.25, 0.3) is 0 Å². The third-order valence-corrected chi connectivity index (χ3v) is 8.26. The van der Waals surface area contributed by atoms with Gasteiger partial charge in [0.05, 0.1) is 5.69 Å². The fraction of sp³-hybridized carbons (Fsp3) is 0.351. The number of hydrogen-bond donors (Lipinski definition) is 0. The Balaban J connectivity index is 1.86. The Bertz CT molecular complexity index is 1460. The van der Waals surface area contributed by atoms with Crippen molar-refractivity contribution in [3.05, 3.63) is 107 Å². The van der Waals surface area contributed by atoms with Crippen molar-refractivity contribution in [2.24, 2.45) is 0 Å². The van der Waals surface area contributed by atoms with Crippen LogP contribution in [-0.4, -0.2) is 5.54 Å². The normalized spacial score (nSPS) is 14.1. The lowest BCUT2D eigenvalue weighted by atomic mass is 9.81. The highest BCUT2D eigenvalue weighted by atomic mass is 15.2. The molecule has 0 aromatic heterocycles. The minimum absolute atomic E-state index is 0.0421. The summed E-state index contributed by atoms with van der Waals surface area (Å²) >= 11 is 0. The molecule has 4 aromatic carbocycles. The maximum atomic E-state index is 2.65. The maximum absolute atomic E-state index is 2.65. The summed E-state index contributed by atoms with van der Waals surface area (Å²) in [4.78, 5) is 2.65. The molecule has 0 unspecified atom stereocenters. The van der Waals surface area contributed by atoms with Crippen LogP contribution in [0.4, 0.5) is 11.4 Å². The molecule has 1 nitrogen and oxygen atoms in total. The Labute approximate surface area is 230 Å². The van der Waals surface area contributed by atoms with Crippen LogP contribution in [0.5, 0.6) is 0 Å². The van der Waals surface area contributed by atoms with E-state index in [0.29, 0.717) is 11.8 Å². The van der Waals surface area contributed by atoms with Gasteiger partial charge in [0, 0.05) is 22.2 Å². The molecule has 4 aromatic rings. The van der Waals surface area contributed by atoms with Crippen molar-refractivity contribution >= 4 is 11.4 Å². The van der Waals surface area contributed by atoms with Gasteiger partial charge in [0.2, 0.25) is 0 Å². The number of rotatable bonds is 5. The van der Waals surface area contributed by atoms with Crippen molar-refractivity contribution in [3.63, 3.8) is 0 Å². The maximum Gasteiger partial charge on any atom is 0.0530 e. The zero-order chi connectivity index (χ0) is 27.4. The van der Waals surface area contributed by atoms with Crippen LogP contribution in [0.15, 0.2) is 84.9 Å². The van der Waals surface area contributed by atoms with E-state index in [-0.39, 0.29) is 11.0 Å². The fourth-order valence-electron chi connectivity index (χ4n) is 6.35. The molecule has 1 aliphatic rings. The summed E-state index contributed by atoms with van der Waals surface area (Å²) in [6, 6.07) is 31.8. The predicted molar refractivity (Wildman–Crippen MR) is 166 cm³/mol. The van der Waals surface area contributed by atoms with Crippen LogP contribution in [0, 0.1) is 0 Å². The average Bonchev–Trinajstić information content (AvgIpc) is 3.09. The summed E-state index contributed by atoms with van der Waals surface area (Å²) in [6.45, 7) is 21.2. The largest absolute Gasteiger partial charge is 0.335 e. The first kappa shape index (κ1) is 26.3. The molecule has 0 heterocycles. The van der Waals surface area contributed by atoms with E-state index in [1.54, 1.807) is 0 Å². The van der Waals surface area contributed by atoms with E-state index in [1.165, 1.54) is 55.9 Å². The lowest BCUT2D eigenvalue weighted by molar-refractivity contribution is 0.554. The first-order chi connectivity index (χ1) is 17.9. The third-order valence-electron chi connectivity index (χ3n) is 8.26. The van der Waals surface area contributed by atoms with Gasteiger partial charge in [-0.1, -0.05) is 114 Å². The van der Waals surface area contributed by atoms with E-state index in [4.69, 9.17) is 0 Å². The van der Waals surface area contributed by atoms with Gasteiger partial charge < -0.3 is 4.90 Å². The van der Waals surface area contributed by atoms with E-state index in [2.05, 4.69) is 152 Å². The first-order valence-corrected chi connectivity index (χ1v) is 14.2. The van der Waals surface area contributed by atoms with Crippen LogP contribution >= 0.6 is 0 Å². The van der Waals surface area contributed by atoms with Crippen LogP contribution in [-0.2, 0) is 5.41 Å². The van der Waals surface area contributed by atoms with Crippen molar-refractivity contribution in [2.75, 3.05) is 4.90 Å². The van der Waals surface area contributed by atoms with Crippen molar-refractivity contribution in [1.29, 1.82) is 0 Å². The average molecular weight is 502 g/mol. The standard InChI is InChI=1S/C37H43N/c1-24(2)27-19-15-20-28(26-16-11-10-12-17-26)35(27)38(36(5,6)7)34-23-33-31(22-30(34)25(3)4)29-18-13-14-21-32(29)37(33,8)9/h10-25H,1-9H3. The highest BCUT2D eigenvalue weighted by Crippen LogP contribution is 2.53. The molecule has 1 heteroatoms. The SMILES string of the molecule is CC(C)c1cc2c(cc1N(c1c(-c3ccccc3)cccc1C(C)C)C(C)(C)C)C(C)(C)c1ccccc1-2. The molecule has 1 aliphatic carbocycles. The molecule has 5 rings (SSSR count). The number of fused-ring (bicyclic) bond motifs is 3. The molecular formula is C37H43N. The molecule has 196 valence electrons. The molecule has 38 heavy (non-hydrogen) atoms. The van der Waals surface area contributed by atoms with Gasteiger partial charge in [0.15, 0.2) is 0 Å². The molecule has 0 amide bonds. The molecule has 0 radical (unpaired) electrons. The molecule has 0 fully saturated rings. The molecule has 0 atom stereocenters. The Kier molecular flexibility index (Phi) is 6.54. The number of nitrogens with zero attached hydrogens (tertiary/aromatic N) is 1. The van der Waals surface area contributed by atoms with Gasteiger partial charge in [-0.05, 0) is 83.7 Å². The summed E-state index contributed by atoms with van der Waals surface area (Å²) in [5.41, 5.74) is 13.5.